The maximum atomic E-state index is 12.3. The average Bonchev–Trinajstić information content (AvgIpc) is 3.17. The highest BCUT2D eigenvalue weighted by atomic mass is 32.1. The lowest BCUT2D eigenvalue weighted by Gasteiger charge is -2.28. The zero-order valence-corrected chi connectivity index (χ0v) is 17.6. The number of nitrogens with one attached hydrogen (secondary N) is 1. The average molecular weight is 391 g/mol. The van der Waals surface area contributed by atoms with Crippen molar-refractivity contribution in [2.75, 3.05) is 13.7 Å². The highest BCUT2D eigenvalue weighted by Crippen LogP contribution is 2.30. The second-order valence-corrected chi connectivity index (χ2v) is 7.79. The van der Waals surface area contributed by atoms with Crippen LogP contribution in [-0.2, 0) is 17.9 Å². The van der Waals surface area contributed by atoms with Gasteiger partial charge in [-0.3, -0.25) is 9.69 Å². The second-order valence-electron chi connectivity index (χ2n) is 6.76. The van der Waals surface area contributed by atoms with Gasteiger partial charge in [-0.25, -0.2) is 0 Å². The van der Waals surface area contributed by atoms with Crippen LogP contribution in [0, 0.1) is 0 Å². The lowest BCUT2D eigenvalue weighted by molar-refractivity contribution is -0.126. The van der Waals surface area contributed by atoms with Gasteiger partial charge in [0.25, 0.3) is 0 Å². The summed E-state index contributed by atoms with van der Waals surface area (Å²) in [7, 11) is 1.65. The van der Waals surface area contributed by atoms with Crippen LogP contribution in [0.15, 0.2) is 35.7 Å². The van der Waals surface area contributed by atoms with Crippen LogP contribution in [0.25, 0.3) is 0 Å². The van der Waals surface area contributed by atoms with E-state index in [0.29, 0.717) is 18.9 Å². The Morgan fingerprint density at radius 1 is 1.22 bits per heavy atom. The first-order valence-electron chi connectivity index (χ1n) is 9.31. The molecular weight excluding hydrogens is 360 g/mol. The van der Waals surface area contributed by atoms with Crippen LogP contribution in [0.3, 0.4) is 0 Å². The molecule has 1 aromatic heterocycles. The number of benzene rings is 1. The maximum Gasteiger partial charge on any atom is 0.237 e. The number of hydrogen-bond donors (Lipinski definition) is 1. The molecule has 0 radical (unpaired) electrons. The van der Waals surface area contributed by atoms with Crippen LogP contribution >= 0.6 is 11.3 Å². The minimum Gasteiger partial charge on any atom is -0.493 e. The number of methoxy groups -OCH3 is 1. The molecule has 6 heteroatoms. The van der Waals surface area contributed by atoms with Crippen LogP contribution in [0.2, 0.25) is 0 Å². The smallest absolute Gasteiger partial charge is 0.237 e. The third-order valence-electron chi connectivity index (χ3n) is 4.33. The van der Waals surface area contributed by atoms with Gasteiger partial charge in [0, 0.05) is 17.5 Å². The molecule has 0 aliphatic carbocycles. The molecule has 0 spiro atoms. The highest BCUT2D eigenvalue weighted by Gasteiger charge is 2.21. The summed E-state index contributed by atoms with van der Waals surface area (Å²) in [5.41, 5.74) is 1.08. The monoisotopic (exact) mass is 390 g/mol. The summed E-state index contributed by atoms with van der Waals surface area (Å²) in [5.74, 6) is 1.48. The Labute approximate surface area is 166 Å². The van der Waals surface area contributed by atoms with Crippen molar-refractivity contribution in [3.05, 3.63) is 46.2 Å². The van der Waals surface area contributed by atoms with Crippen LogP contribution in [0.1, 0.15) is 38.1 Å². The molecule has 0 bridgehead atoms. The normalized spacial score (nSPS) is 12.3. The lowest BCUT2D eigenvalue weighted by Crippen LogP contribution is -2.46. The molecule has 0 aliphatic heterocycles. The summed E-state index contributed by atoms with van der Waals surface area (Å²) in [6, 6.07) is 9.96. The first-order chi connectivity index (χ1) is 12.9. The van der Waals surface area contributed by atoms with Crippen molar-refractivity contribution < 1.29 is 14.3 Å². The number of carbonyl (C=O) groups excluding carboxylic acids is 1. The Morgan fingerprint density at radius 2 is 2.00 bits per heavy atom. The molecule has 148 valence electrons. The summed E-state index contributed by atoms with van der Waals surface area (Å²) in [5, 5.41) is 5.02. The summed E-state index contributed by atoms with van der Waals surface area (Å²) in [6.45, 7) is 9.93. The van der Waals surface area contributed by atoms with Crippen molar-refractivity contribution >= 4 is 17.2 Å². The molecule has 27 heavy (non-hydrogen) atoms. The third-order valence-corrected chi connectivity index (χ3v) is 5.18. The number of amides is 1. The molecule has 1 aromatic carbocycles. The van der Waals surface area contributed by atoms with Crippen molar-refractivity contribution in [1.82, 2.24) is 10.2 Å². The molecule has 2 aromatic rings. The van der Waals surface area contributed by atoms with Gasteiger partial charge >= 0.3 is 0 Å². The largest absolute Gasteiger partial charge is 0.493 e. The van der Waals surface area contributed by atoms with E-state index < -0.39 is 0 Å². The predicted molar refractivity (Wildman–Crippen MR) is 110 cm³/mol. The van der Waals surface area contributed by atoms with E-state index in [0.717, 1.165) is 17.9 Å². The fourth-order valence-electron chi connectivity index (χ4n) is 2.80. The molecule has 1 heterocycles. The number of likely N-dealkylation sites (N-methyl/N-ethyl adjacent to an activating group) is 1. The number of nitrogens with zero attached hydrogens (tertiary/aromatic N) is 1. The number of hydrogen-bond acceptors (Lipinski definition) is 5. The SMILES string of the molecule is CCN(Cc1ccc(OCc2cccs2)c(OC)c1)[C@H](C)C(=O)NC(C)C. The molecule has 0 aliphatic rings. The first kappa shape index (κ1) is 21.3. The molecule has 5 nitrogen and oxygen atoms in total. The Hall–Kier alpha value is -2.05. The Kier molecular flexibility index (Phi) is 8.13. The minimum atomic E-state index is -0.196. The second kappa shape index (κ2) is 10.3. The van der Waals surface area contributed by atoms with Gasteiger partial charge in [-0.05, 0) is 56.5 Å². The standard InChI is InChI=1S/C21H30N2O3S/c1-6-23(16(4)21(24)22-15(2)3)13-17-9-10-19(20(12-17)25-5)26-14-18-8-7-11-27-18/h7-12,15-16H,6,13-14H2,1-5H3,(H,22,24)/t16-/m1/s1. The van der Waals surface area contributed by atoms with Gasteiger partial charge in [0.05, 0.1) is 13.2 Å². The molecule has 1 atom stereocenters. The molecule has 0 saturated carbocycles. The zero-order chi connectivity index (χ0) is 19.8. The fraction of sp³-hybridized carbons (Fsp3) is 0.476. The van der Waals surface area contributed by atoms with Gasteiger partial charge in [0.2, 0.25) is 5.91 Å². The van der Waals surface area contributed by atoms with E-state index in [-0.39, 0.29) is 18.0 Å². The Balaban J connectivity index is 2.05. The van der Waals surface area contributed by atoms with Crippen LogP contribution in [0.4, 0.5) is 0 Å². The molecule has 0 fully saturated rings. The van der Waals surface area contributed by atoms with Crippen molar-refractivity contribution in [2.45, 2.75) is 52.9 Å². The zero-order valence-electron chi connectivity index (χ0n) is 16.8. The first-order valence-corrected chi connectivity index (χ1v) is 10.2. The van der Waals surface area contributed by atoms with Crippen LogP contribution in [-0.4, -0.2) is 36.5 Å². The minimum absolute atomic E-state index is 0.0507. The predicted octanol–water partition coefficient (Wildman–Crippen LogP) is 4.07. The van der Waals surface area contributed by atoms with Gasteiger partial charge in [0.1, 0.15) is 6.61 Å². The van der Waals surface area contributed by atoms with Gasteiger partial charge in [-0.2, -0.15) is 0 Å². The summed E-state index contributed by atoms with van der Waals surface area (Å²) < 4.78 is 11.4. The van der Waals surface area contributed by atoms with E-state index in [2.05, 4.69) is 17.1 Å². The van der Waals surface area contributed by atoms with Crippen molar-refractivity contribution in [1.29, 1.82) is 0 Å². The van der Waals surface area contributed by atoms with Crippen molar-refractivity contribution in [3.8, 4) is 11.5 Å². The Bertz CT molecular complexity index is 716. The maximum absolute atomic E-state index is 12.3. The fourth-order valence-corrected chi connectivity index (χ4v) is 3.42. The van der Waals surface area contributed by atoms with E-state index in [1.165, 1.54) is 4.88 Å². The molecule has 1 amide bonds. The van der Waals surface area contributed by atoms with Crippen molar-refractivity contribution in [2.24, 2.45) is 0 Å². The van der Waals surface area contributed by atoms with E-state index >= 15 is 0 Å². The summed E-state index contributed by atoms with van der Waals surface area (Å²) >= 11 is 1.67. The summed E-state index contributed by atoms with van der Waals surface area (Å²) in [4.78, 5) is 15.6. The lowest BCUT2D eigenvalue weighted by atomic mass is 10.1. The molecule has 0 saturated heterocycles. The van der Waals surface area contributed by atoms with Crippen LogP contribution in [0.5, 0.6) is 11.5 Å². The summed E-state index contributed by atoms with van der Waals surface area (Å²) in [6.07, 6.45) is 0. The van der Waals surface area contributed by atoms with E-state index in [9.17, 15) is 4.79 Å². The van der Waals surface area contributed by atoms with E-state index in [1.807, 2.05) is 56.5 Å². The van der Waals surface area contributed by atoms with E-state index in [4.69, 9.17) is 9.47 Å². The Morgan fingerprint density at radius 3 is 2.59 bits per heavy atom. The van der Waals surface area contributed by atoms with Gasteiger partial charge < -0.3 is 14.8 Å². The third kappa shape index (κ3) is 6.26. The topological polar surface area (TPSA) is 50.8 Å². The molecule has 2 rings (SSSR count). The van der Waals surface area contributed by atoms with Crippen LogP contribution < -0.4 is 14.8 Å². The number of ether oxygens (including phenoxy) is 2. The van der Waals surface area contributed by atoms with E-state index in [1.54, 1.807) is 18.4 Å². The number of carbonyl (C=O) groups is 1. The number of thiophene rings is 1. The van der Waals surface area contributed by atoms with Gasteiger partial charge in [-0.15, -0.1) is 11.3 Å². The van der Waals surface area contributed by atoms with Gasteiger partial charge in [-0.1, -0.05) is 19.1 Å². The number of rotatable bonds is 10. The molecule has 1 N–H and O–H groups in total. The van der Waals surface area contributed by atoms with Gasteiger partial charge in [0.15, 0.2) is 11.5 Å². The quantitative estimate of drug-likeness (QED) is 0.664. The molecule has 0 unspecified atom stereocenters. The van der Waals surface area contributed by atoms with Crippen molar-refractivity contribution in [3.63, 3.8) is 0 Å². The molecular formula is C21H30N2O3S. The highest BCUT2D eigenvalue weighted by molar-refractivity contribution is 7.09.